The lowest BCUT2D eigenvalue weighted by atomic mass is 9.94. The van der Waals surface area contributed by atoms with Gasteiger partial charge in [-0.3, -0.25) is 14.5 Å². The number of benzene rings is 2. The number of phenolic OH excluding ortho intramolecular Hbond substituents is 1. The van der Waals surface area contributed by atoms with Crippen LogP contribution in [-0.2, 0) is 20.7 Å². The van der Waals surface area contributed by atoms with E-state index >= 15 is 0 Å². The van der Waals surface area contributed by atoms with Gasteiger partial charge in [0.15, 0.2) is 16.6 Å². The number of hydrogen-bond acceptors (Lipinski definition) is 10. The van der Waals surface area contributed by atoms with E-state index in [2.05, 4.69) is 20.9 Å². The Balaban J connectivity index is 1.72. The number of aromatic nitrogens is 1. The molecule has 208 valence electrons. The summed E-state index contributed by atoms with van der Waals surface area (Å²) in [6, 6.07) is 6.92. The minimum atomic E-state index is -1.16. The molecule has 2 aliphatic heterocycles. The Hall–Kier alpha value is -3.90. The van der Waals surface area contributed by atoms with Gasteiger partial charge in [0, 0.05) is 12.0 Å². The van der Waals surface area contributed by atoms with Crippen LogP contribution in [0, 0.1) is 6.92 Å². The molecule has 2 aliphatic rings. The van der Waals surface area contributed by atoms with Gasteiger partial charge in [0.2, 0.25) is 0 Å². The highest BCUT2D eigenvalue weighted by Gasteiger charge is 2.49. The van der Waals surface area contributed by atoms with Crippen molar-refractivity contribution in [1.82, 2.24) is 4.98 Å². The molecule has 1 fully saturated rings. The molecule has 3 heterocycles. The third-order valence-electron chi connectivity index (χ3n) is 6.65. The Morgan fingerprint density at radius 1 is 1.27 bits per heavy atom. The van der Waals surface area contributed by atoms with Gasteiger partial charge in [-0.2, -0.15) is 0 Å². The number of aromatic hydroxyl groups is 1. The van der Waals surface area contributed by atoms with Gasteiger partial charge in [-0.25, -0.2) is 9.78 Å². The maximum absolute atomic E-state index is 13.6. The van der Waals surface area contributed by atoms with Crippen LogP contribution < -0.4 is 14.4 Å². The lowest BCUT2D eigenvalue weighted by molar-refractivity contribution is -0.132. The standard InChI is InChI=1S/C28H25BrN2O8S/c1-5-38-27(36)25-13(3)30-28(40-25)31-21(16-10-17(29)23(33)19(11-16)37-4)20(24(34)26(31)35)22(32)14-6-7-18-15(9-14)8-12(2)39-18/h6-7,9-12,21,32-33H,5,8H2,1-4H3/t12-,21+/m0/s1. The summed E-state index contributed by atoms with van der Waals surface area (Å²) in [6.45, 7) is 5.37. The van der Waals surface area contributed by atoms with Crippen molar-refractivity contribution >= 4 is 55.8 Å². The Labute approximate surface area is 241 Å². The molecule has 2 aromatic carbocycles. The Bertz CT molecular complexity index is 1600. The molecule has 0 bridgehead atoms. The number of aliphatic hydroxyl groups excluding tert-OH is 1. The van der Waals surface area contributed by atoms with Crippen molar-refractivity contribution in [2.45, 2.75) is 39.3 Å². The second-order valence-electron chi connectivity index (χ2n) is 9.31. The van der Waals surface area contributed by atoms with Crippen molar-refractivity contribution in [1.29, 1.82) is 0 Å². The summed E-state index contributed by atoms with van der Waals surface area (Å²) in [7, 11) is 1.37. The predicted octanol–water partition coefficient (Wildman–Crippen LogP) is 5.05. The van der Waals surface area contributed by atoms with E-state index in [1.807, 2.05) is 6.92 Å². The van der Waals surface area contributed by atoms with E-state index in [1.165, 1.54) is 19.2 Å². The number of hydrogen-bond donors (Lipinski definition) is 2. The number of rotatable bonds is 6. The van der Waals surface area contributed by atoms with Crippen LogP contribution in [0.15, 0.2) is 40.4 Å². The number of aryl methyl sites for hydroxylation is 1. The molecule has 3 aromatic rings. The van der Waals surface area contributed by atoms with Crippen molar-refractivity contribution in [3.05, 3.63) is 67.6 Å². The molecule has 2 N–H and O–H groups in total. The zero-order valence-corrected chi connectivity index (χ0v) is 24.4. The average Bonchev–Trinajstić information content (AvgIpc) is 3.57. The Morgan fingerprint density at radius 2 is 2.02 bits per heavy atom. The molecule has 10 nitrogen and oxygen atoms in total. The minimum Gasteiger partial charge on any atom is -0.507 e. The highest BCUT2D eigenvalue weighted by Crippen LogP contribution is 2.47. The van der Waals surface area contributed by atoms with Gasteiger partial charge in [0.05, 0.1) is 35.5 Å². The van der Waals surface area contributed by atoms with Gasteiger partial charge in [0.1, 0.15) is 22.5 Å². The van der Waals surface area contributed by atoms with E-state index in [9.17, 15) is 24.6 Å². The number of ketones is 1. The maximum atomic E-state index is 13.6. The molecule has 1 amide bonds. The van der Waals surface area contributed by atoms with Crippen LogP contribution in [0.25, 0.3) is 5.76 Å². The molecule has 0 spiro atoms. The number of carbonyl (C=O) groups excluding carboxylic acids is 3. The SMILES string of the molecule is CCOC(=O)c1sc(N2C(=O)C(=O)C(=C(O)c3ccc4c(c3)C[C@H](C)O4)[C@H]2c2cc(Br)c(O)c(OC)c2)nc1C. The summed E-state index contributed by atoms with van der Waals surface area (Å²) >= 11 is 4.21. The monoisotopic (exact) mass is 628 g/mol. The molecule has 0 radical (unpaired) electrons. The number of Topliss-reactive ketones (excluding diaryl/α,β-unsaturated/α-hetero) is 1. The second-order valence-corrected chi connectivity index (χ2v) is 11.1. The first kappa shape index (κ1) is 27.7. The molecule has 5 rings (SSSR count). The van der Waals surface area contributed by atoms with Gasteiger partial charge in [-0.1, -0.05) is 11.3 Å². The number of thiazole rings is 1. The molecule has 1 saturated heterocycles. The molecular formula is C28H25BrN2O8S. The van der Waals surface area contributed by atoms with Crippen molar-refractivity contribution in [3.63, 3.8) is 0 Å². The quantitative estimate of drug-likeness (QED) is 0.166. The van der Waals surface area contributed by atoms with E-state index < -0.39 is 23.7 Å². The maximum Gasteiger partial charge on any atom is 0.350 e. The van der Waals surface area contributed by atoms with Crippen molar-refractivity contribution in [2.75, 3.05) is 18.6 Å². The van der Waals surface area contributed by atoms with E-state index in [1.54, 1.807) is 32.0 Å². The van der Waals surface area contributed by atoms with Gasteiger partial charge in [-0.05, 0) is 78.2 Å². The van der Waals surface area contributed by atoms with Gasteiger partial charge in [0.25, 0.3) is 5.78 Å². The number of fused-ring (bicyclic) bond motifs is 1. The average molecular weight is 629 g/mol. The predicted molar refractivity (Wildman–Crippen MR) is 150 cm³/mol. The van der Waals surface area contributed by atoms with E-state index in [0.717, 1.165) is 21.8 Å². The summed E-state index contributed by atoms with van der Waals surface area (Å²) < 4.78 is 16.4. The number of phenols is 1. The molecule has 40 heavy (non-hydrogen) atoms. The minimum absolute atomic E-state index is 0.0264. The summed E-state index contributed by atoms with van der Waals surface area (Å²) in [5, 5.41) is 22.0. The lowest BCUT2D eigenvalue weighted by Gasteiger charge is -2.24. The van der Waals surface area contributed by atoms with Crippen LogP contribution >= 0.6 is 27.3 Å². The fourth-order valence-corrected chi connectivity index (χ4v) is 6.30. The number of amides is 1. The number of aliphatic hydroxyl groups is 1. The van der Waals surface area contributed by atoms with E-state index in [-0.39, 0.29) is 50.0 Å². The lowest BCUT2D eigenvalue weighted by Crippen LogP contribution is -2.29. The Kier molecular flexibility index (Phi) is 7.32. The highest BCUT2D eigenvalue weighted by atomic mass is 79.9. The molecule has 0 aliphatic carbocycles. The third-order valence-corrected chi connectivity index (χ3v) is 8.39. The van der Waals surface area contributed by atoms with Crippen LogP contribution in [0.3, 0.4) is 0 Å². The largest absolute Gasteiger partial charge is 0.507 e. The van der Waals surface area contributed by atoms with Crippen LogP contribution in [0.1, 0.15) is 51.9 Å². The van der Waals surface area contributed by atoms with Gasteiger partial charge < -0.3 is 24.4 Å². The van der Waals surface area contributed by atoms with Crippen molar-refractivity contribution in [2.24, 2.45) is 0 Å². The summed E-state index contributed by atoms with van der Waals surface area (Å²) in [5.41, 5.74) is 1.71. The van der Waals surface area contributed by atoms with E-state index in [4.69, 9.17) is 14.2 Å². The first-order valence-electron chi connectivity index (χ1n) is 12.4. The van der Waals surface area contributed by atoms with Gasteiger partial charge >= 0.3 is 11.9 Å². The normalized spacial score (nSPS) is 19.5. The number of nitrogens with zero attached hydrogens (tertiary/aromatic N) is 2. The molecule has 12 heteroatoms. The smallest absolute Gasteiger partial charge is 0.350 e. The number of halogens is 1. The molecular weight excluding hydrogens is 604 g/mol. The highest BCUT2D eigenvalue weighted by molar-refractivity contribution is 9.10. The summed E-state index contributed by atoms with van der Waals surface area (Å²) in [5.74, 6) is -2.24. The van der Waals surface area contributed by atoms with Crippen molar-refractivity contribution in [3.8, 4) is 17.2 Å². The molecule has 0 unspecified atom stereocenters. The number of anilines is 1. The number of carbonyl (C=O) groups is 3. The van der Waals surface area contributed by atoms with Crippen LogP contribution in [0.4, 0.5) is 5.13 Å². The fourth-order valence-electron chi connectivity index (χ4n) is 4.85. The van der Waals surface area contributed by atoms with Crippen LogP contribution in [0.2, 0.25) is 0 Å². The summed E-state index contributed by atoms with van der Waals surface area (Å²) in [4.78, 5) is 45.4. The molecule has 2 atom stereocenters. The first-order chi connectivity index (χ1) is 19.0. The number of ether oxygens (including phenoxy) is 3. The second kappa shape index (κ2) is 10.6. The zero-order chi connectivity index (χ0) is 28.9. The zero-order valence-electron chi connectivity index (χ0n) is 22.0. The van der Waals surface area contributed by atoms with Crippen molar-refractivity contribution < 1.29 is 38.8 Å². The topological polar surface area (TPSA) is 135 Å². The molecule has 1 aromatic heterocycles. The first-order valence-corrected chi connectivity index (χ1v) is 14.0. The van der Waals surface area contributed by atoms with Crippen LogP contribution in [0.5, 0.6) is 17.2 Å². The summed E-state index contributed by atoms with van der Waals surface area (Å²) in [6.07, 6.45) is 0.604. The van der Waals surface area contributed by atoms with Gasteiger partial charge in [-0.15, -0.1) is 0 Å². The Morgan fingerprint density at radius 3 is 2.73 bits per heavy atom. The number of esters is 1. The third kappa shape index (κ3) is 4.60. The van der Waals surface area contributed by atoms with Crippen LogP contribution in [-0.4, -0.2) is 52.7 Å². The fraction of sp³-hybridized carbons (Fsp3) is 0.286. The number of methoxy groups -OCH3 is 1. The van der Waals surface area contributed by atoms with E-state index in [0.29, 0.717) is 29.0 Å². The molecule has 0 saturated carbocycles.